The average molecular weight is 284 g/mol. The molecule has 2 rings (SSSR count). The first kappa shape index (κ1) is 14.6. The van der Waals surface area contributed by atoms with E-state index in [0.717, 1.165) is 11.3 Å². The Kier molecular flexibility index (Phi) is 4.95. The van der Waals surface area contributed by atoms with Crippen LogP contribution in [0.15, 0.2) is 60.4 Å². The molecule has 0 bridgehead atoms. The molecule has 0 aromatic heterocycles. The molecule has 0 aliphatic rings. The SMILES string of the molecule is COc1ccc(/C=C(\Oc2ccccc2)C(=O)NN)cc1. The maximum Gasteiger partial charge on any atom is 0.300 e. The quantitative estimate of drug-likeness (QED) is 0.290. The summed E-state index contributed by atoms with van der Waals surface area (Å²) in [5.74, 6) is 6.08. The van der Waals surface area contributed by atoms with Crippen LogP contribution in [0.3, 0.4) is 0 Å². The number of hydrazine groups is 1. The van der Waals surface area contributed by atoms with Gasteiger partial charge in [0.05, 0.1) is 7.11 Å². The molecule has 0 atom stereocenters. The predicted molar refractivity (Wildman–Crippen MR) is 80.4 cm³/mol. The summed E-state index contributed by atoms with van der Waals surface area (Å²) in [5, 5.41) is 0. The van der Waals surface area contributed by atoms with Gasteiger partial charge in [0.1, 0.15) is 11.5 Å². The van der Waals surface area contributed by atoms with Crippen LogP contribution in [0.25, 0.3) is 6.08 Å². The maximum absolute atomic E-state index is 11.8. The van der Waals surface area contributed by atoms with Crippen molar-refractivity contribution < 1.29 is 14.3 Å². The summed E-state index contributed by atoms with van der Waals surface area (Å²) in [6.07, 6.45) is 1.61. The van der Waals surface area contributed by atoms with Crippen LogP contribution in [0.2, 0.25) is 0 Å². The highest BCUT2D eigenvalue weighted by atomic mass is 16.5. The van der Waals surface area contributed by atoms with Gasteiger partial charge >= 0.3 is 5.91 Å². The minimum absolute atomic E-state index is 0.105. The van der Waals surface area contributed by atoms with E-state index < -0.39 is 5.91 Å². The lowest BCUT2D eigenvalue weighted by atomic mass is 10.2. The Labute approximate surface area is 123 Å². The Morgan fingerprint density at radius 2 is 1.71 bits per heavy atom. The molecule has 0 heterocycles. The Hall–Kier alpha value is -2.79. The first-order chi connectivity index (χ1) is 10.2. The third-order valence-electron chi connectivity index (χ3n) is 2.74. The molecule has 0 saturated carbocycles. The van der Waals surface area contributed by atoms with Crippen LogP contribution in [0, 0.1) is 0 Å². The monoisotopic (exact) mass is 284 g/mol. The van der Waals surface area contributed by atoms with Gasteiger partial charge in [-0.1, -0.05) is 30.3 Å². The van der Waals surface area contributed by atoms with Gasteiger partial charge in [-0.25, -0.2) is 5.84 Å². The summed E-state index contributed by atoms with van der Waals surface area (Å²) in [5.41, 5.74) is 2.87. The van der Waals surface area contributed by atoms with Crippen molar-refractivity contribution in [1.29, 1.82) is 0 Å². The molecule has 0 aliphatic carbocycles. The molecule has 5 heteroatoms. The number of methoxy groups -OCH3 is 1. The van der Waals surface area contributed by atoms with E-state index >= 15 is 0 Å². The van der Waals surface area contributed by atoms with E-state index in [4.69, 9.17) is 15.3 Å². The third kappa shape index (κ3) is 4.09. The molecule has 2 aromatic carbocycles. The van der Waals surface area contributed by atoms with Gasteiger partial charge in [-0.2, -0.15) is 0 Å². The summed E-state index contributed by atoms with van der Waals surface area (Å²) in [4.78, 5) is 11.8. The molecule has 0 unspecified atom stereocenters. The molecule has 1 amide bonds. The number of carbonyl (C=O) groups is 1. The summed E-state index contributed by atoms with van der Waals surface area (Å²) in [7, 11) is 1.59. The number of rotatable bonds is 5. The van der Waals surface area contributed by atoms with E-state index in [1.54, 1.807) is 37.5 Å². The molecular formula is C16H16N2O3. The fraction of sp³-hybridized carbons (Fsp3) is 0.0625. The minimum atomic E-state index is -0.505. The van der Waals surface area contributed by atoms with E-state index in [1.807, 2.05) is 30.3 Å². The third-order valence-corrected chi connectivity index (χ3v) is 2.74. The fourth-order valence-electron chi connectivity index (χ4n) is 1.68. The smallest absolute Gasteiger partial charge is 0.300 e. The van der Waals surface area contributed by atoms with Crippen LogP contribution < -0.4 is 20.7 Å². The lowest BCUT2D eigenvalue weighted by Crippen LogP contribution is -2.33. The van der Waals surface area contributed by atoms with Crippen LogP contribution in [0.5, 0.6) is 11.5 Å². The number of hydrogen-bond acceptors (Lipinski definition) is 4. The summed E-state index contributed by atoms with van der Waals surface area (Å²) in [6.45, 7) is 0. The van der Waals surface area contributed by atoms with Crippen molar-refractivity contribution in [1.82, 2.24) is 5.43 Å². The number of benzene rings is 2. The number of carbonyl (C=O) groups excluding carboxylic acids is 1. The minimum Gasteiger partial charge on any atom is -0.497 e. The number of para-hydroxylation sites is 1. The molecular weight excluding hydrogens is 268 g/mol. The van der Waals surface area contributed by atoms with Gasteiger partial charge in [-0.15, -0.1) is 0 Å². The van der Waals surface area contributed by atoms with Crippen LogP contribution in [-0.2, 0) is 4.79 Å². The van der Waals surface area contributed by atoms with Crippen LogP contribution in [0.4, 0.5) is 0 Å². The zero-order valence-electron chi connectivity index (χ0n) is 11.6. The highest BCUT2D eigenvalue weighted by Gasteiger charge is 2.10. The van der Waals surface area contributed by atoms with Crippen LogP contribution >= 0.6 is 0 Å². The van der Waals surface area contributed by atoms with E-state index in [1.165, 1.54) is 0 Å². The number of nitrogens with two attached hydrogens (primary N) is 1. The molecule has 0 spiro atoms. The van der Waals surface area contributed by atoms with Gasteiger partial charge in [0.15, 0.2) is 5.76 Å². The zero-order valence-corrected chi connectivity index (χ0v) is 11.6. The Morgan fingerprint density at radius 1 is 1.05 bits per heavy atom. The molecule has 0 radical (unpaired) electrons. The highest BCUT2D eigenvalue weighted by molar-refractivity contribution is 5.95. The molecule has 0 aliphatic heterocycles. The normalized spacial score (nSPS) is 10.9. The predicted octanol–water partition coefficient (Wildman–Crippen LogP) is 2.10. The van der Waals surface area contributed by atoms with Gasteiger partial charge < -0.3 is 9.47 Å². The molecule has 21 heavy (non-hydrogen) atoms. The Bertz CT molecular complexity index is 622. The number of amides is 1. The topological polar surface area (TPSA) is 73.6 Å². The molecule has 2 aromatic rings. The number of ether oxygens (including phenoxy) is 2. The first-order valence-electron chi connectivity index (χ1n) is 6.32. The van der Waals surface area contributed by atoms with Crippen molar-refractivity contribution in [2.45, 2.75) is 0 Å². The van der Waals surface area contributed by atoms with Crippen molar-refractivity contribution in [3.8, 4) is 11.5 Å². The second kappa shape index (κ2) is 7.12. The number of hydrogen-bond donors (Lipinski definition) is 2. The van der Waals surface area contributed by atoms with E-state index in [2.05, 4.69) is 5.43 Å². The van der Waals surface area contributed by atoms with Gasteiger partial charge in [0, 0.05) is 0 Å². The maximum atomic E-state index is 11.8. The molecule has 0 fully saturated rings. The fourth-order valence-corrected chi connectivity index (χ4v) is 1.68. The van der Waals surface area contributed by atoms with Gasteiger partial charge in [-0.3, -0.25) is 10.2 Å². The summed E-state index contributed by atoms with van der Waals surface area (Å²) in [6, 6.07) is 16.2. The van der Waals surface area contributed by atoms with Crippen molar-refractivity contribution in [2.24, 2.45) is 5.84 Å². The lowest BCUT2D eigenvalue weighted by Gasteiger charge is -2.09. The second-order valence-electron chi connectivity index (χ2n) is 4.17. The number of nitrogens with one attached hydrogen (secondary N) is 1. The van der Waals surface area contributed by atoms with Gasteiger partial charge in [-0.05, 0) is 35.9 Å². The van der Waals surface area contributed by atoms with Crippen LogP contribution in [0.1, 0.15) is 5.56 Å². The largest absolute Gasteiger partial charge is 0.497 e. The Balaban J connectivity index is 2.26. The highest BCUT2D eigenvalue weighted by Crippen LogP contribution is 2.17. The summed E-state index contributed by atoms with van der Waals surface area (Å²) < 4.78 is 10.7. The Morgan fingerprint density at radius 3 is 2.29 bits per heavy atom. The first-order valence-corrected chi connectivity index (χ1v) is 6.32. The second-order valence-corrected chi connectivity index (χ2v) is 4.17. The molecule has 108 valence electrons. The standard InChI is InChI=1S/C16H16N2O3/c1-20-13-9-7-12(8-10-13)11-15(16(19)18-17)21-14-5-3-2-4-6-14/h2-11H,17H2,1H3,(H,18,19)/b15-11-. The zero-order chi connectivity index (χ0) is 15.1. The van der Waals surface area contributed by atoms with Crippen molar-refractivity contribution >= 4 is 12.0 Å². The lowest BCUT2D eigenvalue weighted by molar-refractivity contribution is -0.119. The van der Waals surface area contributed by atoms with Crippen molar-refractivity contribution in [3.63, 3.8) is 0 Å². The van der Waals surface area contributed by atoms with Gasteiger partial charge in [0.25, 0.3) is 0 Å². The van der Waals surface area contributed by atoms with Crippen molar-refractivity contribution in [3.05, 3.63) is 65.9 Å². The van der Waals surface area contributed by atoms with Crippen molar-refractivity contribution in [2.75, 3.05) is 7.11 Å². The molecule has 0 saturated heterocycles. The molecule has 3 N–H and O–H groups in total. The summed E-state index contributed by atoms with van der Waals surface area (Å²) >= 11 is 0. The van der Waals surface area contributed by atoms with E-state index in [0.29, 0.717) is 5.75 Å². The van der Waals surface area contributed by atoms with Gasteiger partial charge in [0.2, 0.25) is 0 Å². The van der Waals surface area contributed by atoms with E-state index in [-0.39, 0.29) is 5.76 Å². The van der Waals surface area contributed by atoms with Crippen LogP contribution in [-0.4, -0.2) is 13.0 Å². The van der Waals surface area contributed by atoms with E-state index in [9.17, 15) is 4.79 Å². The average Bonchev–Trinajstić information content (AvgIpc) is 2.55. The molecule has 5 nitrogen and oxygen atoms in total.